The van der Waals surface area contributed by atoms with Crippen LogP contribution in [-0.4, -0.2) is 14.7 Å². The number of benzene rings is 1. The van der Waals surface area contributed by atoms with Crippen LogP contribution in [0, 0.1) is 6.92 Å². The number of nitrogens with zero attached hydrogens (tertiary/aromatic N) is 3. The SMILES string of the molecule is Cc1cc(=O)c(-c2noc(C3Cc4ccccc4C3)n2)c2n1CCC2. The molecule has 0 saturated heterocycles. The molecule has 5 nitrogen and oxygen atoms in total. The molecule has 5 rings (SSSR count). The van der Waals surface area contributed by atoms with Crippen LogP contribution >= 0.6 is 0 Å². The third-order valence-electron chi connectivity index (χ3n) is 5.49. The van der Waals surface area contributed by atoms with Gasteiger partial charge in [-0.3, -0.25) is 4.79 Å². The van der Waals surface area contributed by atoms with Crippen molar-refractivity contribution in [2.75, 3.05) is 0 Å². The summed E-state index contributed by atoms with van der Waals surface area (Å²) in [5.74, 6) is 1.30. The van der Waals surface area contributed by atoms with E-state index in [1.807, 2.05) is 6.92 Å². The van der Waals surface area contributed by atoms with Gasteiger partial charge in [0.05, 0.1) is 5.56 Å². The van der Waals surface area contributed by atoms with E-state index in [0.29, 0.717) is 17.3 Å². The van der Waals surface area contributed by atoms with Crippen LogP contribution in [0.2, 0.25) is 0 Å². The molecule has 1 aliphatic carbocycles. The predicted molar refractivity (Wildman–Crippen MR) is 93.6 cm³/mol. The maximum absolute atomic E-state index is 12.6. The van der Waals surface area contributed by atoms with Crippen LogP contribution in [0.15, 0.2) is 39.6 Å². The summed E-state index contributed by atoms with van der Waals surface area (Å²) in [7, 11) is 0. The summed E-state index contributed by atoms with van der Waals surface area (Å²) in [6.07, 6.45) is 3.79. The first-order chi connectivity index (χ1) is 12.2. The summed E-state index contributed by atoms with van der Waals surface area (Å²) >= 11 is 0. The summed E-state index contributed by atoms with van der Waals surface area (Å²) in [5, 5.41) is 4.16. The monoisotopic (exact) mass is 333 g/mol. The average molecular weight is 333 g/mol. The van der Waals surface area contributed by atoms with Crippen molar-refractivity contribution in [1.82, 2.24) is 14.7 Å². The zero-order valence-electron chi connectivity index (χ0n) is 14.2. The van der Waals surface area contributed by atoms with Gasteiger partial charge in [0.25, 0.3) is 0 Å². The molecule has 0 radical (unpaired) electrons. The van der Waals surface area contributed by atoms with Crippen LogP contribution in [0.4, 0.5) is 0 Å². The Labute approximate surface area is 145 Å². The molecule has 0 fully saturated rings. The number of aromatic nitrogens is 3. The minimum Gasteiger partial charge on any atom is -0.348 e. The van der Waals surface area contributed by atoms with Crippen molar-refractivity contribution < 1.29 is 4.52 Å². The van der Waals surface area contributed by atoms with E-state index in [4.69, 9.17) is 4.52 Å². The number of pyridine rings is 1. The summed E-state index contributed by atoms with van der Waals surface area (Å²) in [5.41, 5.74) is 5.37. The minimum absolute atomic E-state index is 0.00675. The van der Waals surface area contributed by atoms with Crippen molar-refractivity contribution in [3.63, 3.8) is 0 Å². The van der Waals surface area contributed by atoms with Gasteiger partial charge in [0.1, 0.15) is 0 Å². The molecule has 25 heavy (non-hydrogen) atoms. The van der Waals surface area contributed by atoms with E-state index in [9.17, 15) is 4.79 Å². The molecule has 2 aromatic heterocycles. The van der Waals surface area contributed by atoms with E-state index >= 15 is 0 Å². The average Bonchev–Trinajstić information content (AvgIpc) is 3.33. The number of rotatable bonds is 2. The molecule has 3 heterocycles. The van der Waals surface area contributed by atoms with Crippen molar-refractivity contribution in [2.24, 2.45) is 0 Å². The Morgan fingerprint density at radius 2 is 1.96 bits per heavy atom. The molecule has 0 unspecified atom stereocenters. The fraction of sp³-hybridized carbons (Fsp3) is 0.350. The number of hydrogen-bond donors (Lipinski definition) is 0. The number of aryl methyl sites for hydroxylation is 1. The van der Waals surface area contributed by atoms with E-state index in [-0.39, 0.29) is 11.3 Å². The zero-order chi connectivity index (χ0) is 17.0. The molecular formula is C20H19N3O2. The fourth-order valence-corrected chi connectivity index (χ4v) is 4.28. The van der Waals surface area contributed by atoms with Crippen molar-refractivity contribution >= 4 is 0 Å². The molecule has 0 spiro atoms. The van der Waals surface area contributed by atoms with Gasteiger partial charge in [-0.1, -0.05) is 29.4 Å². The molecule has 0 atom stereocenters. The first-order valence-electron chi connectivity index (χ1n) is 8.85. The topological polar surface area (TPSA) is 60.9 Å². The largest absolute Gasteiger partial charge is 0.348 e. The van der Waals surface area contributed by atoms with Crippen LogP contribution < -0.4 is 5.43 Å². The second-order valence-electron chi connectivity index (χ2n) is 7.06. The quantitative estimate of drug-likeness (QED) is 0.723. The van der Waals surface area contributed by atoms with Gasteiger partial charge >= 0.3 is 0 Å². The number of fused-ring (bicyclic) bond motifs is 2. The Balaban J connectivity index is 1.53. The van der Waals surface area contributed by atoms with Gasteiger partial charge in [-0.15, -0.1) is 0 Å². The van der Waals surface area contributed by atoms with Crippen molar-refractivity contribution in [3.8, 4) is 11.4 Å². The van der Waals surface area contributed by atoms with Crippen LogP contribution in [0.5, 0.6) is 0 Å². The fourth-order valence-electron chi connectivity index (χ4n) is 4.28. The van der Waals surface area contributed by atoms with Crippen molar-refractivity contribution in [1.29, 1.82) is 0 Å². The third-order valence-corrected chi connectivity index (χ3v) is 5.49. The van der Waals surface area contributed by atoms with Crippen molar-refractivity contribution in [3.05, 3.63) is 69.0 Å². The molecule has 2 aliphatic rings. The van der Waals surface area contributed by atoms with Crippen molar-refractivity contribution in [2.45, 2.75) is 45.1 Å². The molecule has 1 aliphatic heterocycles. The lowest BCUT2D eigenvalue weighted by Crippen LogP contribution is -2.15. The highest BCUT2D eigenvalue weighted by Gasteiger charge is 2.29. The standard InChI is InChI=1S/C20H19N3O2/c1-12-9-17(24)18(16-7-4-8-23(12)16)19-21-20(25-22-19)15-10-13-5-2-3-6-14(13)11-15/h2-3,5-6,9,15H,4,7-8,10-11H2,1H3. The zero-order valence-corrected chi connectivity index (χ0v) is 14.2. The van der Waals surface area contributed by atoms with Gasteiger partial charge in [-0.2, -0.15) is 4.98 Å². The predicted octanol–water partition coefficient (Wildman–Crippen LogP) is 3.04. The number of hydrogen-bond acceptors (Lipinski definition) is 4. The molecule has 0 saturated carbocycles. The van der Waals surface area contributed by atoms with E-state index in [1.54, 1.807) is 6.07 Å². The second-order valence-corrected chi connectivity index (χ2v) is 7.06. The normalized spacial score (nSPS) is 16.2. The van der Waals surface area contributed by atoms with Gasteiger partial charge in [-0.25, -0.2) is 0 Å². The highest BCUT2D eigenvalue weighted by molar-refractivity contribution is 5.59. The Hall–Kier alpha value is -2.69. The lowest BCUT2D eigenvalue weighted by molar-refractivity contribution is 0.356. The molecule has 0 N–H and O–H groups in total. The van der Waals surface area contributed by atoms with Gasteiger partial charge in [0.2, 0.25) is 11.7 Å². The summed E-state index contributed by atoms with van der Waals surface area (Å²) in [6, 6.07) is 10.1. The van der Waals surface area contributed by atoms with E-state index < -0.39 is 0 Å². The summed E-state index contributed by atoms with van der Waals surface area (Å²) in [6.45, 7) is 2.94. The first-order valence-corrected chi connectivity index (χ1v) is 8.85. The van der Waals surface area contributed by atoms with Gasteiger partial charge in [0, 0.05) is 29.9 Å². The molecule has 0 amide bonds. The van der Waals surface area contributed by atoms with E-state index in [2.05, 4.69) is 39.0 Å². The highest BCUT2D eigenvalue weighted by atomic mass is 16.5. The maximum atomic E-state index is 12.6. The summed E-state index contributed by atoms with van der Waals surface area (Å²) in [4.78, 5) is 17.2. The first kappa shape index (κ1) is 14.6. The Morgan fingerprint density at radius 3 is 2.72 bits per heavy atom. The van der Waals surface area contributed by atoms with Crippen LogP contribution in [0.3, 0.4) is 0 Å². The molecule has 5 heteroatoms. The maximum Gasteiger partial charge on any atom is 0.230 e. The third kappa shape index (κ3) is 2.26. The van der Waals surface area contributed by atoms with Crippen LogP contribution in [0.25, 0.3) is 11.4 Å². The summed E-state index contributed by atoms with van der Waals surface area (Å²) < 4.78 is 7.78. The molecule has 3 aromatic rings. The smallest absolute Gasteiger partial charge is 0.230 e. The highest BCUT2D eigenvalue weighted by Crippen LogP contribution is 2.34. The molecule has 0 bridgehead atoms. The molecule has 1 aromatic carbocycles. The lowest BCUT2D eigenvalue weighted by Gasteiger charge is -2.10. The lowest BCUT2D eigenvalue weighted by atomic mass is 10.1. The van der Waals surface area contributed by atoms with E-state index in [0.717, 1.165) is 43.6 Å². The van der Waals surface area contributed by atoms with Gasteiger partial charge < -0.3 is 9.09 Å². The van der Waals surface area contributed by atoms with Gasteiger partial charge in [-0.05, 0) is 43.7 Å². The Bertz CT molecular complexity index is 1010. The van der Waals surface area contributed by atoms with Crippen LogP contribution in [0.1, 0.15) is 40.7 Å². The molecular weight excluding hydrogens is 314 g/mol. The Kier molecular flexibility index (Phi) is 3.17. The minimum atomic E-state index is -0.00675. The van der Waals surface area contributed by atoms with E-state index in [1.165, 1.54) is 11.1 Å². The van der Waals surface area contributed by atoms with Crippen LogP contribution in [-0.2, 0) is 25.8 Å². The second kappa shape index (κ2) is 5.41. The van der Waals surface area contributed by atoms with Gasteiger partial charge in [0.15, 0.2) is 5.43 Å². The Morgan fingerprint density at radius 1 is 1.20 bits per heavy atom. The molecule has 126 valence electrons.